The van der Waals surface area contributed by atoms with E-state index >= 15 is 0 Å². The molecule has 0 aliphatic heterocycles. The molecular weight excluding hydrogens is 280 g/mol. The van der Waals surface area contributed by atoms with Crippen molar-refractivity contribution < 1.29 is 4.79 Å². The summed E-state index contributed by atoms with van der Waals surface area (Å²) < 4.78 is 0. The first kappa shape index (κ1) is 11.8. The number of nitrogens with two attached hydrogens (primary N) is 1. The third-order valence-corrected chi connectivity index (χ3v) is 3.33. The maximum Gasteiger partial charge on any atom is 0.180 e. The van der Waals surface area contributed by atoms with Crippen LogP contribution in [0.3, 0.4) is 0 Å². The van der Waals surface area contributed by atoms with Crippen LogP contribution in [0.4, 0.5) is 5.82 Å². The van der Waals surface area contributed by atoms with E-state index in [1.165, 1.54) is 0 Å². The fourth-order valence-corrected chi connectivity index (χ4v) is 2.07. The molecule has 1 unspecified atom stereocenters. The lowest BCUT2D eigenvalue weighted by Gasteiger charge is -2.09. The Morgan fingerprint density at radius 2 is 1.94 bits per heavy atom. The van der Waals surface area contributed by atoms with Crippen LogP contribution < -0.4 is 5.73 Å². The average Bonchev–Trinajstić information content (AvgIpc) is 2.38. The van der Waals surface area contributed by atoms with Gasteiger partial charge < -0.3 is 5.73 Å². The number of benzene rings is 1. The van der Waals surface area contributed by atoms with E-state index in [4.69, 9.17) is 5.73 Å². The summed E-state index contributed by atoms with van der Waals surface area (Å²) in [7, 11) is 0. The number of halogens is 1. The summed E-state index contributed by atoms with van der Waals surface area (Å²) in [5.74, 6) is 0.420. The molecule has 0 amide bonds. The van der Waals surface area contributed by atoms with Gasteiger partial charge in [-0.15, -0.1) is 0 Å². The van der Waals surface area contributed by atoms with Gasteiger partial charge in [-0.1, -0.05) is 46.3 Å². The van der Waals surface area contributed by atoms with Crippen molar-refractivity contribution in [2.75, 3.05) is 5.73 Å². The molecule has 0 spiro atoms. The second kappa shape index (κ2) is 5.10. The van der Waals surface area contributed by atoms with Crippen molar-refractivity contribution in [1.82, 2.24) is 4.98 Å². The number of hydrogen-bond donors (Lipinski definition) is 1. The van der Waals surface area contributed by atoms with Gasteiger partial charge >= 0.3 is 0 Å². The molecule has 1 aromatic carbocycles. The number of hydrogen-bond acceptors (Lipinski definition) is 3. The minimum absolute atomic E-state index is 0.0104. The van der Waals surface area contributed by atoms with Crippen molar-refractivity contribution in [2.45, 2.75) is 4.83 Å². The van der Waals surface area contributed by atoms with E-state index in [1.807, 2.05) is 18.2 Å². The zero-order valence-electron chi connectivity index (χ0n) is 9.01. The Hall–Kier alpha value is -1.68. The summed E-state index contributed by atoms with van der Waals surface area (Å²) in [6, 6.07) is 12.6. The van der Waals surface area contributed by atoms with Crippen molar-refractivity contribution in [3.63, 3.8) is 0 Å². The highest BCUT2D eigenvalue weighted by Crippen LogP contribution is 2.27. The van der Waals surface area contributed by atoms with Gasteiger partial charge in [0.1, 0.15) is 10.6 Å². The molecule has 0 saturated heterocycles. The maximum absolute atomic E-state index is 12.1. The summed E-state index contributed by atoms with van der Waals surface area (Å²) in [5, 5.41) is 0. The van der Waals surface area contributed by atoms with Gasteiger partial charge in [-0.3, -0.25) is 4.79 Å². The fourth-order valence-electron chi connectivity index (χ4n) is 1.52. The molecule has 0 saturated carbocycles. The van der Waals surface area contributed by atoms with E-state index in [9.17, 15) is 4.79 Å². The summed E-state index contributed by atoms with van der Waals surface area (Å²) in [6.07, 6.45) is 1.59. The highest BCUT2D eigenvalue weighted by Gasteiger charge is 2.18. The van der Waals surface area contributed by atoms with Crippen molar-refractivity contribution in [2.24, 2.45) is 0 Å². The Morgan fingerprint density at radius 3 is 2.59 bits per heavy atom. The highest BCUT2D eigenvalue weighted by atomic mass is 79.9. The second-order valence-electron chi connectivity index (χ2n) is 3.61. The number of anilines is 1. The van der Waals surface area contributed by atoms with Gasteiger partial charge in [-0.25, -0.2) is 4.98 Å². The van der Waals surface area contributed by atoms with Crippen LogP contribution in [0.25, 0.3) is 0 Å². The van der Waals surface area contributed by atoms with Gasteiger partial charge in [-0.2, -0.15) is 0 Å². The van der Waals surface area contributed by atoms with Gasteiger partial charge in [0.2, 0.25) is 0 Å². The zero-order chi connectivity index (χ0) is 12.3. The molecule has 0 radical (unpaired) electrons. The summed E-state index contributed by atoms with van der Waals surface area (Å²) >= 11 is 3.39. The Bertz CT molecular complexity index is 528. The number of Topliss-reactive ketones (excluding diaryl/α,β-unsaturated/α-hetero) is 1. The lowest BCUT2D eigenvalue weighted by atomic mass is 10.0. The van der Waals surface area contributed by atoms with E-state index < -0.39 is 4.83 Å². The molecule has 2 rings (SSSR count). The SMILES string of the molecule is Nc1cc(C(Br)C(=O)c2ccccc2)ccn1. The van der Waals surface area contributed by atoms with Crippen LogP contribution in [-0.2, 0) is 0 Å². The Morgan fingerprint density at radius 1 is 1.24 bits per heavy atom. The fraction of sp³-hybridized carbons (Fsp3) is 0.0769. The average molecular weight is 291 g/mol. The van der Waals surface area contributed by atoms with Crippen molar-refractivity contribution in [3.8, 4) is 0 Å². The molecule has 0 aliphatic carbocycles. The van der Waals surface area contributed by atoms with E-state index in [0.29, 0.717) is 11.4 Å². The molecule has 1 atom stereocenters. The number of ketones is 1. The van der Waals surface area contributed by atoms with Crippen LogP contribution in [-0.4, -0.2) is 10.8 Å². The van der Waals surface area contributed by atoms with Crippen LogP contribution >= 0.6 is 15.9 Å². The molecule has 0 bridgehead atoms. The van der Waals surface area contributed by atoms with Gasteiger partial charge in [0.15, 0.2) is 5.78 Å². The van der Waals surface area contributed by atoms with Crippen molar-refractivity contribution in [3.05, 3.63) is 59.8 Å². The Kier molecular flexibility index (Phi) is 3.54. The lowest BCUT2D eigenvalue weighted by Crippen LogP contribution is -2.07. The number of carbonyl (C=O) groups excluding carboxylic acids is 1. The Balaban J connectivity index is 2.27. The van der Waals surface area contributed by atoms with E-state index in [0.717, 1.165) is 5.56 Å². The third-order valence-electron chi connectivity index (χ3n) is 2.39. The number of alkyl halides is 1. The first-order valence-corrected chi connectivity index (χ1v) is 6.05. The van der Waals surface area contributed by atoms with Crippen LogP contribution in [0.15, 0.2) is 48.7 Å². The monoisotopic (exact) mass is 290 g/mol. The highest BCUT2D eigenvalue weighted by molar-refractivity contribution is 9.09. The minimum Gasteiger partial charge on any atom is -0.384 e. The second-order valence-corrected chi connectivity index (χ2v) is 4.52. The molecule has 3 nitrogen and oxygen atoms in total. The molecule has 1 heterocycles. The molecule has 0 aliphatic rings. The van der Waals surface area contributed by atoms with Crippen LogP contribution in [0.1, 0.15) is 20.7 Å². The minimum atomic E-state index is -0.393. The van der Waals surface area contributed by atoms with Crippen LogP contribution in [0, 0.1) is 0 Å². The summed E-state index contributed by atoms with van der Waals surface area (Å²) in [5.41, 5.74) is 7.07. The number of nitrogen functional groups attached to an aromatic ring is 1. The number of nitrogens with zero attached hydrogens (tertiary/aromatic N) is 1. The third kappa shape index (κ3) is 2.71. The van der Waals surface area contributed by atoms with Crippen LogP contribution in [0.5, 0.6) is 0 Å². The Labute approximate surface area is 108 Å². The molecule has 86 valence electrons. The van der Waals surface area contributed by atoms with E-state index in [-0.39, 0.29) is 5.78 Å². The number of rotatable bonds is 3. The largest absolute Gasteiger partial charge is 0.384 e. The number of carbonyl (C=O) groups is 1. The normalized spacial score (nSPS) is 12.1. The topological polar surface area (TPSA) is 56.0 Å². The lowest BCUT2D eigenvalue weighted by molar-refractivity contribution is 0.0991. The summed E-state index contributed by atoms with van der Waals surface area (Å²) in [6.45, 7) is 0. The number of pyridine rings is 1. The van der Waals surface area contributed by atoms with Crippen LogP contribution in [0.2, 0.25) is 0 Å². The van der Waals surface area contributed by atoms with E-state index in [2.05, 4.69) is 20.9 Å². The molecule has 2 aromatic rings. The maximum atomic E-state index is 12.1. The molecule has 0 fully saturated rings. The van der Waals surface area contributed by atoms with E-state index in [1.54, 1.807) is 30.5 Å². The molecule has 1 aromatic heterocycles. The standard InChI is InChI=1S/C13H11BrN2O/c14-12(10-6-7-16-11(15)8-10)13(17)9-4-2-1-3-5-9/h1-8,12H,(H2,15,16). The predicted molar refractivity (Wildman–Crippen MR) is 71.1 cm³/mol. The predicted octanol–water partition coefficient (Wildman–Crippen LogP) is 2.98. The first-order chi connectivity index (χ1) is 8.18. The quantitative estimate of drug-likeness (QED) is 0.698. The molecule has 2 N–H and O–H groups in total. The molecule has 17 heavy (non-hydrogen) atoms. The van der Waals surface area contributed by atoms with Crippen molar-refractivity contribution >= 4 is 27.5 Å². The number of aromatic nitrogens is 1. The van der Waals surface area contributed by atoms with Gasteiger partial charge in [0.25, 0.3) is 0 Å². The van der Waals surface area contributed by atoms with Crippen molar-refractivity contribution in [1.29, 1.82) is 0 Å². The summed E-state index contributed by atoms with van der Waals surface area (Å²) in [4.78, 5) is 15.7. The van der Waals surface area contributed by atoms with Gasteiger partial charge in [-0.05, 0) is 17.7 Å². The zero-order valence-corrected chi connectivity index (χ0v) is 10.6. The smallest absolute Gasteiger partial charge is 0.180 e. The van der Waals surface area contributed by atoms with Gasteiger partial charge in [0, 0.05) is 11.8 Å². The molecular formula is C13H11BrN2O. The first-order valence-electron chi connectivity index (χ1n) is 5.13. The van der Waals surface area contributed by atoms with Gasteiger partial charge in [0.05, 0.1) is 0 Å². The molecule has 4 heteroatoms.